The van der Waals surface area contributed by atoms with E-state index in [0.717, 1.165) is 6.07 Å². The van der Waals surface area contributed by atoms with E-state index >= 15 is 0 Å². The molecule has 1 amide bonds. The largest absolute Gasteiger partial charge is 0.366 e. The van der Waals surface area contributed by atoms with Crippen molar-refractivity contribution < 1.29 is 13.6 Å². The minimum atomic E-state index is -0.610. The van der Waals surface area contributed by atoms with Crippen LogP contribution >= 0.6 is 0 Å². The maximum atomic E-state index is 13.5. The van der Waals surface area contributed by atoms with Crippen molar-refractivity contribution in [1.82, 2.24) is 9.88 Å². The van der Waals surface area contributed by atoms with Gasteiger partial charge in [-0.1, -0.05) is 6.07 Å². The Morgan fingerprint density at radius 2 is 2.00 bits per heavy atom. The van der Waals surface area contributed by atoms with Gasteiger partial charge in [0.05, 0.1) is 5.56 Å². The van der Waals surface area contributed by atoms with E-state index in [1.54, 1.807) is 26.2 Å². The Hall–Kier alpha value is -2.50. The summed E-state index contributed by atoms with van der Waals surface area (Å²) in [6.07, 6.45) is 1.45. The number of carbonyl (C=O) groups excluding carboxylic acids is 1. The van der Waals surface area contributed by atoms with Crippen molar-refractivity contribution in [3.05, 3.63) is 59.3 Å². The molecule has 0 aliphatic rings. The molecule has 1 heterocycles. The number of aromatic nitrogens is 1. The molecule has 0 aliphatic carbocycles. The van der Waals surface area contributed by atoms with E-state index in [4.69, 9.17) is 0 Å². The average molecular weight is 291 g/mol. The number of hydrogen-bond donors (Lipinski definition) is 1. The van der Waals surface area contributed by atoms with E-state index < -0.39 is 11.6 Å². The molecular formula is C15H15F2N3O. The van der Waals surface area contributed by atoms with Gasteiger partial charge in [-0.3, -0.25) is 4.79 Å². The third-order valence-corrected chi connectivity index (χ3v) is 2.89. The number of halogens is 2. The van der Waals surface area contributed by atoms with Gasteiger partial charge in [0.1, 0.15) is 17.5 Å². The highest BCUT2D eigenvalue weighted by Gasteiger charge is 2.08. The Kier molecular flexibility index (Phi) is 4.47. The van der Waals surface area contributed by atoms with Gasteiger partial charge in [-0.2, -0.15) is 0 Å². The minimum Gasteiger partial charge on any atom is -0.366 e. The van der Waals surface area contributed by atoms with Gasteiger partial charge in [0.15, 0.2) is 0 Å². The van der Waals surface area contributed by atoms with Gasteiger partial charge in [0.25, 0.3) is 5.91 Å². The summed E-state index contributed by atoms with van der Waals surface area (Å²) in [6.45, 7) is 0.181. The average Bonchev–Trinajstić information content (AvgIpc) is 2.46. The Morgan fingerprint density at radius 3 is 2.57 bits per heavy atom. The Balaban J connectivity index is 2.02. The Labute approximate surface area is 121 Å². The molecule has 110 valence electrons. The molecule has 0 radical (unpaired) electrons. The van der Waals surface area contributed by atoms with Crippen LogP contribution in [0.5, 0.6) is 0 Å². The molecule has 1 N–H and O–H groups in total. The number of carbonyl (C=O) groups is 1. The Morgan fingerprint density at radius 1 is 1.24 bits per heavy atom. The molecular weight excluding hydrogens is 276 g/mol. The number of nitrogens with one attached hydrogen (secondary N) is 1. The standard InChI is InChI=1S/C15H15F2N3O/c1-20(2)15(21)11-4-6-14(19-9-11)18-8-10-3-5-12(16)7-13(10)17/h3-7,9H,8H2,1-2H3,(H,18,19). The van der Waals surface area contributed by atoms with Gasteiger partial charge in [0.2, 0.25) is 0 Å². The van der Waals surface area contributed by atoms with Crippen molar-refractivity contribution in [2.24, 2.45) is 0 Å². The zero-order valence-corrected chi connectivity index (χ0v) is 11.7. The number of amides is 1. The molecule has 0 bridgehead atoms. The molecule has 0 spiro atoms. The number of rotatable bonds is 4. The predicted molar refractivity (Wildman–Crippen MR) is 75.9 cm³/mol. The molecule has 0 unspecified atom stereocenters. The lowest BCUT2D eigenvalue weighted by atomic mass is 10.2. The zero-order chi connectivity index (χ0) is 15.4. The highest BCUT2D eigenvalue weighted by atomic mass is 19.1. The molecule has 0 aliphatic heterocycles. The number of nitrogens with zero attached hydrogens (tertiary/aromatic N) is 2. The maximum Gasteiger partial charge on any atom is 0.254 e. The number of hydrogen-bond acceptors (Lipinski definition) is 3. The van der Waals surface area contributed by atoms with Crippen molar-refractivity contribution in [3.63, 3.8) is 0 Å². The van der Waals surface area contributed by atoms with Crippen LogP contribution in [-0.2, 0) is 6.54 Å². The summed E-state index contributed by atoms with van der Waals surface area (Å²) in [5, 5.41) is 2.92. The molecule has 1 aromatic carbocycles. The summed E-state index contributed by atoms with van der Waals surface area (Å²) in [5.74, 6) is -0.851. The second kappa shape index (κ2) is 6.30. The fourth-order valence-electron chi connectivity index (χ4n) is 1.73. The van der Waals surface area contributed by atoms with E-state index in [9.17, 15) is 13.6 Å². The monoisotopic (exact) mass is 291 g/mol. The van der Waals surface area contributed by atoms with E-state index in [1.165, 1.54) is 23.2 Å². The van der Waals surface area contributed by atoms with Gasteiger partial charge in [-0.05, 0) is 18.2 Å². The molecule has 0 fully saturated rings. The molecule has 2 aromatic rings. The van der Waals surface area contributed by atoms with Crippen LogP contribution < -0.4 is 5.32 Å². The highest BCUT2D eigenvalue weighted by Crippen LogP contribution is 2.12. The van der Waals surface area contributed by atoms with Crippen LogP contribution in [0.4, 0.5) is 14.6 Å². The van der Waals surface area contributed by atoms with Crippen LogP contribution in [0.15, 0.2) is 36.5 Å². The predicted octanol–water partition coefficient (Wildman–Crippen LogP) is 2.67. The van der Waals surface area contributed by atoms with Gasteiger partial charge in [-0.25, -0.2) is 13.8 Å². The van der Waals surface area contributed by atoms with E-state index in [2.05, 4.69) is 10.3 Å². The van der Waals surface area contributed by atoms with E-state index in [1.807, 2.05) is 0 Å². The fraction of sp³-hybridized carbons (Fsp3) is 0.200. The summed E-state index contributed by atoms with van der Waals surface area (Å²) in [6, 6.07) is 6.69. The van der Waals surface area contributed by atoms with Gasteiger partial charge < -0.3 is 10.2 Å². The first-order chi connectivity index (χ1) is 9.97. The lowest BCUT2D eigenvalue weighted by molar-refractivity contribution is 0.0827. The highest BCUT2D eigenvalue weighted by molar-refractivity contribution is 5.93. The molecule has 2 rings (SSSR count). The second-order valence-corrected chi connectivity index (χ2v) is 4.72. The van der Waals surface area contributed by atoms with Crippen LogP contribution in [0, 0.1) is 11.6 Å². The van der Waals surface area contributed by atoms with Crippen LogP contribution in [0.3, 0.4) is 0 Å². The topological polar surface area (TPSA) is 45.2 Å². The molecule has 1 aromatic heterocycles. The Bertz CT molecular complexity index is 642. The second-order valence-electron chi connectivity index (χ2n) is 4.72. The summed E-state index contributed by atoms with van der Waals surface area (Å²) in [4.78, 5) is 17.2. The molecule has 0 saturated carbocycles. The minimum absolute atomic E-state index is 0.140. The van der Waals surface area contributed by atoms with Crippen molar-refractivity contribution in [1.29, 1.82) is 0 Å². The molecule has 21 heavy (non-hydrogen) atoms. The van der Waals surface area contributed by atoms with Crippen molar-refractivity contribution in [2.75, 3.05) is 19.4 Å². The van der Waals surface area contributed by atoms with Gasteiger partial charge >= 0.3 is 0 Å². The lowest BCUT2D eigenvalue weighted by Crippen LogP contribution is -2.21. The van der Waals surface area contributed by atoms with E-state index in [-0.39, 0.29) is 12.5 Å². The third-order valence-electron chi connectivity index (χ3n) is 2.89. The van der Waals surface area contributed by atoms with Crippen LogP contribution in [0.1, 0.15) is 15.9 Å². The molecule has 0 atom stereocenters. The third kappa shape index (κ3) is 3.75. The first-order valence-electron chi connectivity index (χ1n) is 6.33. The van der Waals surface area contributed by atoms with Gasteiger partial charge in [0, 0.05) is 38.5 Å². The SMILES string of the molecule is CN(C)C(=O)c1ccc(NCc2ccc(F)cc2F)nc1. The first-order valence-corrected chi connectivity index (χ1v) is 6.33. The fourth-order valence-corrected chi connectivity index (χ4v) is 1.73. The number of pyridine rings is 1. The molecule has 4 nitrogen and oxygen atoms in total. The van der Waals surface area contributed by atoms with Crippen LogP contribution in [-0.4, -0.2) is 29.9 Å². The lowest BCUT2D eigenvalue weighted by Gasteiger charge is -2.11. The smallest absolute Gasteiger partial charge is 0.254 e. The normalized spacial score (nSPS) is 10.3. The van der Waals surface area contributed by atoms with Crippen molar-refractivity contribution in [2.45, 2.75) is 6.54 Å². The summed E-state index contributed by atoms with van der Waals surface area (Å²) in [5.41, 5.74) is 0.810. The molecule has 0 saturated heterocycles. The summed E-state index contributed by atoms with van der Waals surface area (Å²) >= 11 is 0. The number of benzene rings is 1. The zero-order valence-electron chi connectivity index (χ0n) is 11.7. The van der Waals surface area contributed by atoms with Crippen LogP contribution in [0.25, 0.3) is 0 Å². The quantitative estimate of drug-likeness (QED) is 0.942. The maximum absolute atomic E-state index is 13.5. The first kappa shape index (κ1) is 14.9. The number of anilines is 1. The van der Waals surface area contributed by atoms with Crippen LogP contribution in [0.2, 0.25) is 0 Å². The molecule has 6 heteroatoms. The van der Waals surface area contributed by atoms with Gasteiger partial charge in [-0.15, -0.1) is 0 Å². The van der Waals surface area contributed by atoms with E-state index in [0.29, 0.717) is 16.9 Å². The summed E-state index contributed by atoms with van der Waals surface area (Å²) < 4.78 is 26.2. The summed E-state index contributed by atoms with van der Waals surface area (Å²) in [7, 11) is 3.32. The van der Waals surface area contributed by atoms with Crippen molar-refractivity contribution in [3.8, 4) is 0 Å². The van der Waals surface area contributed by atoms with Crippen molar-refractivity contribution >= 4 is 11.7 Å².